The van der Waals surface area contributed by atoms with Gasteiger partial charge in [-0.1, -0.05) is 103 Å². The summed E-state index contributed by atoms with van der Waals surface area (Å²) in [4.78, 5) is 10.9. The number of carboxylic acid groups (broad SMARTS) is 1. The number of likely N-dealkylation sites (N-methyl/N-ethyl adjacent to an activating group) is 1. The minimum absolute atomic E-state index is 0.0205. The largest absolute Gasteiger partial charge is 0.544 e. The lowest BCUT2D eigenvalue weighted by atomic mass is 10.0. The van der Waals surface area contributed by atoms with Crippen molar-refractivity contribution in [3.8, 4) is 0 Å². The van der Waals surface area contributed by atoms with Crippen LogP contribution in [-0.2, 0) is 9.53 Å². The Morgan fingerprint density at radius 3 is 1.76 bits per heavy atom. The highest BCUT2D eigenvalue weighted by Crippen LogP contribution is 2.15. The Morgan fingerprint density at radius 2 is 1.34 bits per heavy atom. The molecule has 0 aliphatic rings. The van der Waals surface area contributed by atoms with Crippen LogP contribution in [0.2, 0.25) is 0 Å². The Labute approximate surface area is 181 Å². The number of carbonyl (C=O) groups excluding carboxylic acids is 1. The second-order valence-electron chi connectivity index (χ2n) is 9.28. The van der Waals surface area contributed by atoms with E-state index in [0.29, 0.717) is 17.6 Å². The Balaban J connectivity index is 3.69. The van der Waals surface area contributed by atoms with Crippen LogP contribution >= 0.6 is 0 Å². The minimum Gasteiger partial charge on any atom is -0.544 e. The average molecular weight is 412 g/mol. The molecule has 29 heavy (non-hydrogen) atoms. The molecular formula is C25H49NO3. The summed E-state index contributed by atoms with van der Waals surface area (Å²) in [6.07, 6.45) is 21.8. The summed E-state index contributed by atoms with van der Waals surface area (Å²) in [7, 11) is 3.84. The van der Waals surface area contributed by atoms with E-state index in [1.54, 1.807) is 6.08 Å². The van der Waals surface area contributed by atoms with Crippen LogP contribution in [0, 0.1) is 0 Å². The average Bonchev–Trinajstić information content (AvgIpc) is 2.64. The first-order valence-corrected chi connectivity index (χ1v) is 12.2. The first kappa shape index (κ1) is 28.1. The molecule has 4 heteroatoms. The van der Waals surface area contributed by atoms with E-state index >= 15 is 0 Å². The third-order valence-corrected chi connectivity index (χ3v) is 5.58. The van der Waals surface area contributed by atoms with Gasteiger partial charge in [-0.05, 0) is 6.42 Å². The van der Waals surface area contributed by atoms with Gasteiger partial charge in [0.05, 0.1) is 26.7 Å². The molecule has 0 N–H and O–H groups in total. The quantitative estimate of drug-likeness (QED) is 0.139. The smallest absolute Gasteiger partial charge is 0.119 e. The van der Waals surface area contributed by atoms with Gasteiger partial charge in [-0.2, -0.15) is 0 Å². The molecule has 172 valence electrons. The van der Waals surface area contributed by atoms with E-state index in [1.165, 1.54) is 83.5 Å². The van der Waals surface area contributed by atoms with Gasteiger partial charge in [0, 0.05) is 0 Å². The maximum atomic E-state index is 10.9. The van der Waals surface area contributed by atoms with E-state index in [1.807, 2.05) is 14.1 Å². The number of hydrogen-bond donors (Lipinski definition) is 0. The summed E-state index contributed by atoms with van der Waals surface area (Å²) in [5.41, 5.74) is 0. The lowest BCUT2D eigenvalue weighted by molar-refractivity contribution is -0.888. The van der Waals surface area contributed by atoms with E-state index in [0.717, 1.165) is 12.8 Å². The number of carbonyl (C=O) groups is 1. The standard InChI is InChI=1S/C25H49NO3/c1-5-7-8-9-10-11-12-13-14-15-16-17-18-19-20-24(29-21-6-2)22-26(3,4)23-25(27)28/h6,24H,2,5,7-23H2,1,3-4H3. The van der Waals surface area contributed by atoms with E-state index in [4.69, 9.17) is 4.74 Å². The highest BCUT2D eigenvalue weighted by atomic mass is 16.5. The Kier molecular flexibility index (Phi) is 18.5. The van der Waals surface area contributed by atoms with Crippen molar-refractivity contribution in [2.24, 2.45) is 0 Å². The number of aliphatic carboxylic acids is 1. The highest BCUT2D eigenvalue weighted by Gasteiger charge is 2.22. The number of carboxylic acids is 1. The number of hydrogen-bond acceptors (Lipinski definition) is 3. The van der Waals surface area contributed by atoms with Crippen molar-refractivity contribution >= 4 is 5.97 Å². The van der Waals surface area contributed by atoms with Gasteiger partial charge in [0.15, 0.2) is 0 Å². The van der Waals surface area contributed by atoms with Crippen LogP contribution in [0.5, 0.6) is 0 Å². The lowest BCUT2D eigenvalue weighted by Gasteiger charge is -2.33. The van der Waals surface area contributed by atoms with E-state index in [-0.39, 0.29) is 12.6 Å². The lowest BCUT2D eigenvalue weighted by Crippen LogP contribution is -2.52. The van der Waals surface area contributed by atoms with Gasteiger partial charge in [0.25, 0.3) is 0 Å². The fraction of sp³-hybridized carbons (Fsp3) is 0.880. The van der Waals surface area contributed by atoms with Crippen LogP contribution in [0.3, 0.4) is 0 Å². The molecule has 0 aliphatic heterocycles. The van der Waals surface area contributed by atoms with Crippen molar-refractivity contribution in [1.82, 2.24) is 0 Å². The van der Waals surface area contributed by atoms with Gasteiger partial charge in [-0.15, -0.1) is 6.58 Å². The van der Waals surface area contributed by atoms with Crippen molar-refractivity contribution in [3.63, 3.8) is 0 Å². The number of nitrogens with zero attached hydrogens (tertiary/aromatic N) is 1. The predicted octanol–water partition coefficient (Wildman–Crippen LogP) is 5.26. The van der Waals surface area contributed by atoms with Crippen molar-refractivity contribution in [3.05, 3.63) is 12.7 Å². The van der Waals surface area contributed by atoms with Crippen LogP contribution in [-0.4, -0.2) is 50.3 Å². The molecule has 0 aromatic rings. The highest BCUT2D eigenvalue weighted by molar-refractivity contribution is 5.65. The van der Waals surface area contributed by atoms with Crippen LogP contribution in [0.4, 0.5) is 0 Å². The van der Waals surface area contributed by atoms with Gasteiger partial charge < -0.3 is 19.1 Å². The Morgan fingerprint density at radius 1 is 0.897 bits per heavy atom. The fourth-order valence-corrected chi connectivity index (χ4v) is 3.96. The summed E-state index contributed by atoms with van der Waals surface area (Å²) in [5.74, 6) is -1.01. The van der Waals surface area contributed by atoms with Crippen molar-refractivity contribution in [2.45, 2.75) is 109 Å². The summed E-state index contributed by atoms with van der Waals surface area (Å²) >= 11 is 0. The zero-order chi connectivity index (χ0) is 21.8. The molecule has 0 rings (SSSR count). The summed E-state index contributed by atoms with van der Waals surface area (Å²) in [6, 6.07) is 0. The van der Waals surface area contributed by atoms with Gasteiger partial charge in [-0.3, -0.25) is 0 Å². The molecule has 0 amide bonds. The van der Waals surface area contributed by atoms with Gasteiger partial charge >= 0.3 is 0 Å². The van der Waals surface area contributed by atoms with Crippen LogP contribution in [0.25, 0.3) is 0 Å². The van der Waals surface area contributed by atoms with Crippen LogP contribution in [0.15, 0.2) is 12.7 Å². The topological polar surface area (TPSA) is 49.4 Å². The number of unbranched alkanes of at least 4 members (excludes halogenated alkanes) is 13. The first-order chi connectivity index (χ1) is 13.9. The number of quaternary nitrogens is 1. The summed E-state index contributed by atoms with van der Waals surface area (Å²) in [6.45, 7) is 7.23. The Bertz CT molecular complexity index is 396. The normalized spacial score (nSPS) is 12.8. The number of rotatable bonds is 22. The summed E-state index contributed by atoms with van der Waals surface area (Å²) in [5, 5.41) is 10.9. The maximum Gasteiger partial charge on any atom is 0.119 e. The molecule has 0 radical (unpaired) electrons. The van der Waals surface area contributed by atoms with E-state index in [2.05, 4.69) is 13.5 Å². The third-order valence-electron chi connectivity index (χ3n) is 5.58. The molecule has 0 fully saturated rings. The van der Waals surface area contributed by atoms with Crippen molar-refractivity contribution in [1.29, 1.82) is 0 Å². The fourth-order valence-electron chi connectivity index (χ4n) is 3.96. The van der Waals surface area contributed by atoms with Crippen LogP contribution < -0.4 is 5.11 Å². The van der Waals surface area contributed by atoms with Crippen LogP contribution in [0.1, 0.15) is 103 Å². The van der Waals surface area contributed by atoms with Gasteiger partial charge in [0.2, 0.25) is 0 Å². The molecule has 0 saturated heterocycles. The molecule has 1 atom stereocenters. The summed E-state index contributed by atoms with van der Waals surface area (Å²) < 4.78 is 6.27. The Hall–Kier alpha value is -0.870. The second kappa shape index (κ2) is 19.1. The first-order valence-electron chi connectivity index (χ1n) is 12.2. The number of ether oxygens (including phenoxy) is 1. The van der Waals surface area contributed by atoms with Crippen molar-refractivity contribution in [2.75, 3.05) is 33.8 Å². The molecule has 0 saturated carbocycles. The molecule has 0 aliphatic carbocycles. The van der Waals surface area contributed by atoms with Gasteiger partial charge in [0.1, 0.15) is 19.2 Å². The SMILES string of the molecule is C=CCOC(CCCCCCCCCCCCCCCC)C[N+](C)(C)CC(=O)[O-]. The van der Waals surface area contributed by atoms with Crippen molar-refractivity contribution < 1.29 is 19.1 Å². The molecule has 1 unspecified atom stereocenters. The van der Waals surface area contributed by atoms with Gasteiger partial charge in [-0.25, -0.2) is 0 Å². The molecular weight excluding hydrogens is 362 g/mol. The second-order valence-corrected chi connectivity index (χ2v) is 9.28. The molecule has 0 aromatic heterocycles. The zero-order valence-corrected chi connectivity index (χ0v) is 19.8. The monoisotopic (exact) mass is 411 g/mol. The predicted molar refractivity (Wildman–Crippen MR) is 122 cm³/mol. The molecule has 0 aromatic carbocycles. The molecule has 4 nitrogen and oxygen atoms in total. The minimum atomic E-state index is -1.01. The van der Waals surface area contributed by atoms with E-state index in [9.17, 15) is 9.90 Å². The van der Waals surface area contributed by atoms with E-state index < -0.39 is 5.97 Å². The zero-order valence-electron chi connectivity index (χ0n) is 19.8. The molecule has 0 bridgehead atoms. The molecule has 0 heterocycles. The molecule has 0 spiro atoms. The third kappa shape index (κ3) is 20.2. The maximum absolute atomic E-state index is 10.9.